The molecule has 0 fully saturated rings. The normalized spacial score (nSPS) is 10.7. The second-order valence-electron chi connectivity index (χ2n) is 5.12. The Bertz CT molecular complexity index is 674. The van der Waals surface area contributed by atoms with Crippen LogP contribution in [-0.2, 0) is 19.1 Å². The van der Waals surface area contributed by atoms with Crippen LogP contribution in [0.5, 0.6) is 0 Å². The zero-order valence-electron chi connectivity index (χ0n) is 14.5. The number of hydrogen-bond donors (Lipinski definition) is 0. The number of carbonyl (C=O) groups excluding carboxylic acids is 2. The van der Waals surface area contributed by atoms with Gasteiger partial charge in [0, 0.05) is 19.2 Å². The monoisotopic (exact) mass is 330 g/mol. The van der Waals surface area contributed by atoms with Crippen molar-refractivity contribution in [1.82, 2.24) is 0 Å². The van der Waals surface area contributed by atoms with E-state index >= 15 is 0 Å². The molecule has 0 amide bonds. The highest BCUT2D eigenvalue weighted by Crippen LogP contribution is 2.21. The molecule has 0 spiro atoms. The first-order chi connectivity index (χ1) is 11.4. The average Bonchev–Trinajstić information content (AvgIpc) is 2.56. The molecule has 0 heterocycles. The zero-order chi connectivity index (χ0) is 18.1. The summed E-state index contributed by atoms with van der Waals surface area (Å²) in [6.07, 6.45) is 1.51. The van der Waals surface area contributed by atoms with Crippen molar-refractivity contribution in [1.29, 1.82) is 5.26 Å². The van der Waals surface area contributed by atoms with Crippen molar-refractivity contribution in [2.24, 2.45) is 0 Å². The third-order valence-corrected chi connectivity index (χ3v) is 3.49. The minimum absolute atomic E-state index is 0.0458. The van der Waals surface area contributed by atoms with Gasteiger partial charge in [0.05, 0.1) is 13.7 Å². The number of anilines is 1. The van der Waals surface area contributed by atoms with Crippen LogP contribution in [0.3, 0.4) is 0 Å². The summed E-state index contributed by atoms with van der Waals surface area (Å²) in [5, 5.41) is 9.03. The highest BCUT2D eigenvalue weighted by molar-refractivity contribution is 5.98. The van der Waals surface area contributed by atoms with Crippen LogP contribution in [0.25, 0.3) is 6.08 Å². The number of benzene rings is 1. The zero-order valence-corrected chi connectivity index (χ0v) is 14.5. The predicted molar refractivity (Wildman–Crippen MR) is 91.3 cm³/mol. The van der Waals surface area contributed by atoms with Gasteiger partial charge in [-0.3, -0.25) is 4.79 Å². The standard InChI is InChI=1S/C18H22N2O4/c1-5-20(8-9-24-14(3)21)17-7-6-15(13(2)10-17)11-16(12-19)18(22)23-4/h6-7,10-11H,5,8-9H2,1-4H3/b16-11+. The second-order valence-corrected chi connectivity index (χ2v) is 5.12. The van der Waals surface area contributed by atoms with Gasteiger partial charge in [0.2, 0.25) is 0 Å². The number of hydrogen-bond acceptors (Lipinski definition) is 6. The molecule has 0 saturated carbocycles. The van der Waals surface area contributed by atoms with E-state index in [1.807, 2.05) is 38.1 Å². The third kappa shape index (κ3) is 5.43. The first-order valence-electron chi connectivity index (χ1n) is 7.62. The van der Waals surface area contributed by atoms with Gasteiger partial charge in [-0.15, -0.1) is 0 Å². The van der Waals surface area contributed by atoms with E-state index in [0.717, 1.165) is 23.4 Å². The van der Waals surface area contributed by atoms with Crippen molar-refractivity contribution in [3.63, 3.8) is 0 Å². The fourth-order valence-electron chi connectivity index (χ4n) is 2.19. The highest BCUT2D eigenvalue weighted by atomic mass is 16.5. The van der Waals surface area contributed by atoms with Crippen molar-refractivity contribution >= 4 is 23.7 Å². The molecule has 0 aromatic heterocycles. The smallest absolute Gasteiger partial charge is 0.348 e. The Morgan fingerprint density at radius 1 is 1.38 bits per heavy atom. The molecule has 0 aliphatic carbocycles. The molecule has 6 nitrogen and oxygen atoms in total. The van der Waals surface area contributed by atoms with Crippen LogP contribution in [0.15, 0.2) is 23.8 Å². The lowest BCUT2D eigenvalue weighted by molar-refractivity contribution is -0.140. The first-order valence-corrected chi connectivity index (χ1v) is 7.62. The van der Waals surface area contributed by atoms with Crippen molar-refractivity contribution in [2.45, 2.75) is 20.8 Å². The number of methoxy groups -OCH3 is 1. The summed E-state index contributed by atoms with van der Waals surface area (Å²) in [5.74, 6) is -0.952. The van der Waals surface area contributed by atoms with Crippen molar-refractivity contribution < 1.29 is 19.1 Å². The van der Waals surface area contributed by atoms with Gasteiger partial charge in [0.25, 0.3) is 0 Å². The van der Waals surface area contributed by atoms with Crippen molar-refractivity contribution in [3.8, 4) is 6.07 Å². The maximum absolute atomic E-state index is 11.5. The van der Waals surface area contributed by atoms with Gasteiger partial charge >= 0.3 is 11.9 Å². The fraction of sp³-hybridized carbons (Fsp3) is 0.389. The summed E-state index contributed by atoms with van der Waals surface area (Å²) in [4.78, 5) is 24.4. The van der Waals surface area contributed by atoms with Gasteiger partial charge in [-0.1, -0.05) is 6.07 Å². The lowest BCUT2D eigenvalue weighted by Gasteiger charge is -2.23. The Labute approximate surface area is 142 Å². The number of rotatable bonds is 7. The first kappa shape index (κ1) is 19.2. The maximum Gasteiger partial charge on any atom is 0.348 e. The van der Waals surface area contributed by atoms with Gasteiger partial charge in [-0.25, -0.2) is 4.79 Å². The summed E-state index contributed by atoms with van der Waals surface area (Å²) in [6, 6.07) is 7.56. The molecule has 0 atom stereocenters. The molecule has 0 saturated heterocycles. The Morgan fingerprint density at radius 2 is 2.08 bits per heavy atom. The van der Waals surface area contributed by atoms with Crippen molar-refractivity contribution in [3.05, 3.63) is 34.9 Å². The van der Waals surface area contributed by atoms with E-state index in [1.54, 1.807) is 0 Å². The molecular formula is C18H22N2O4. The average molecular weight is 330 g/mol. The van der Waals surface area contributed by atoms with Gasteiger partial charge in [0.1, 0.15) is 18.2 Å². The highest BCUT2D eigenvalue weighted by Gasteiger charge is 2.11. The third-order valence-electron chi connectivity index (χ3n) is 3.49. The summed E-state index contributed by atoms with van der Waals surface area (Å²) in [7, 11) is 1.24. The molecule has 0 radical (unpaired) electrons. The van der Waals surface area contributed by atoms with Crippen LogP contribution in [0, 0.1) is 18.3 Å². The largest absolute Gasteiger partial charge is 0.465 e. The van der Waals surface area contributed by atoms with E-state index in [4.69, 9.17) is 10.00 Å². The number of ether oxygens (including phenoxy) is 2. The van der Waals surface area contributed by atoms with Gasteiger partial charge < -0.3 is 14.4 Å². The van der Waals surface area contributed by atoms with Crippen LogP contribution < -0.4 is 4.90 Å². The molecule has 1 aromatic rings. The molecule has 0 bridgehead atoms. The number of aryl methyl sites for hydroxylation is 1. The summed E-state index contributed by atoms with van der Waals surface area (Å²) < 4.78 is 9.56. The van der Waals surface area contributed by atoms with Gasteiger partial charge in [-0.2, -0.15) is 5.26 Å². The van der Waals surface area contributed by atoms with E-state index < -0.39 is 5.97 Å². The lowest BCUT2D eigenvalue weighted by Crippen LogP contribution is -2.27. The SMILES string of the molecule is CCN(CCOC(C)=O)c1ccc(/C=C(\C#N)C(=O)OC)c(C)c1. The lowest BCUT2D eigenvalue weighted by atomic mass is 10.0. The Morgan fingerprint density at radius 3 is 2.58 bits per heavy atom. The molecular weight excluding hydrogens is 308 g/mol. The van der Waals surface area contributed by atoms with Gasteiger partial charge in [-0.05, 0) is 43.2 Å². The molecule has 0 unspecified atom stereocenters. The molecule has 0 aliphatic rings. The number of nitrogens with zero attached hydrogens (tertiary/aromatic N) is 2. The van der Waals surface area contributed by atoms with Crippen LogP contribution in [0.1, 0.15) is 25.0 Å². The fourth-order valence-corrected chi connectivity index (χ4v) is 2.19. The van der Waals surface area contributed by atoms with E-state index in [1.165, 1.54) is 20.1 Å². The van der Waals surface area contributed by atoms with Crippen LogP contribution in [0.2, 0.25) is 0 Å². The van der Waals surface area contributed by atoms with E-state index in [0.29, 0.717) is 13.2 Å². The molecule has 1 rings (SSSR count). The number of carbonyl (C=O) groups is 2. The Kier molecular flexibility index (Phi) is 7.50. The predicted octanol–water partition coefficient (Wildman–Crippen LogP) is 2.46. The summed E-state index contributed by atoms with van der Waals surface area (Å²) in [5.41, 5.74) is 2.64. The molecule has 0 aliphatic heterocycles. The molecule has 128 valence electrons. The maximum atomic E-state index is 11.5. The quantitative estimate of drug-likeness (QED) is 0.434. The van der Waals surface area contributed by atoms with Gasteiger partial charge in [0.15, 0.2) is 0 Å². The van der Waals surface area contributed by atoms with Crippen LogP contribution >= 0.6 is 0 Å². The molecule has 0 N–H and O–H groups in total. The molecule has 6 heteroatoms. The summed E-state index contributed by atoms with van der Waals surface area (Å²) in [6.45, 7) is 6.99. The van der Waals surface area contributed by atoms with E-state index in [9.17, 15) is 9.59 Å². The number of likely N-dealkylation sites (N-methyl/N-ethyl adjacent to an activating group) is 1. The second kappa shape index (κ2) is 9.36. The van der Waals surface area contributed by atoms with E-state index in [-0.39, 0.29) is 11.5 Å². The Balaban J connectivity index is 2.97. The number of esters is 2. The number of nitriles is 1. The minimum Gasteiger partial charge on any atom is -0.465 e. The minimum atomic E-state index is -0.655. The summed E-state index contributed by atoms with van der Waals surface area (Å²) >= 11 is 0. The van der Waals surface area contributed by atoms with Crippen LogP contribution in [0.4, 0.5) is 5.69 Å². The van der Waals surface area contributed by atoms with E-state index in [2.05, 4.69) is 9.64 Å². The molecule has 1 aromatic carbocycles. The Hall–Kier alpha value is -2.81. The molecule has 24 heavy (non-hydrogen) atoms. The van der Waals surface area contributed by atoms with Crippen molar-refractivity contribution in [2.75, 3.05) is 31.7 Å². The topological polar surface area (TPSA) is 79.6 Å². The van der Waals surface area contributed by atoms with Crippen LogP contribution in [-0.4, -0.2) is 38.7 Å².